The zero-order chi connectivity index (χ0) is 26.4. The molecule has 1 saturated heterocycles. The van der Waals surface area contributed by atoms with Crippen molar-refractivity contribution in [1.29, 1.82) is 0 Å². The minimum atomic E-state index is -0.169. The van der Waals surface area contributed by atoms with E-state index in [1.165, 1.54) is 0 Å². The summed E-state index contributed by atoms with van der Waals surface area (Å²) >= 11 is 0. The second-order valence-electron chi connectivity index (χ2n) is 9.10. The Bertz CT molecular complexity index is 1270. The second-order valence-corrected chi connectivity index (χ2v) is 9.10. The number of nitrogens with zero attached hydrogens (tertiary/aromatic N) is 3. The predicted molar refractivity (Wildman–Crippen MR) is 144 cm³/mol. The highest BCUT2D eigenvalue weighted by Gasteiger charge is 2.26. The standard InChI is InChI=1S/C29H34N4O4/c1-20-7-5-8-23(21(20)2)29(35)33-17-15-32(16-18-33)27-24(9-6-13-30-27)28(34)31-14-12-22-10-11-25(36-3)26(19-22)37-4/h5-11,13,19H,12,14-18H2,1-4H3,(H,31,34). The lowest BCUT2D eigenvalue weighted by atomic mass is 10.0. The van der Waals surface area contributed by atoms with Gasteiger partial charge in [-0.3, -0.25) is 9.59 Å². The van der Waals surface area contributed by atoms with Gasteiger partial charge in [-0.1, -0.05) is 18.2 Å². The van der Waals surface area contributed by atoms with Crippen molar-refractivity contribution in [2.45, 2.75) is 20.3 Å². The van der Waals surface area contributed by atoms with E-state index >= 15 is 0 Å². The van der Waals surface area contributed by atoms with Gasteiger partial charge in [-0.2, -0.15) is 0 Å². The molecule has 2 amide bonds. The number of methoxy groups -OCH3 is 2. The quantitative estimate of drug-likeness (QED) is 0.506. The van der Waals surface area contributed by atoms with Crippen molar-refractivity contribution < 1.29 is 19.1 Å². The number of ether oxygens (including phenoxy) is 2. The lowest BCUT2D eigenvalue weighted by molar-refractivity contribution is 0.0744. The molecule has 1 fully saturated rings. The van der Waals surface area contributed by atoms with Crippen molar-refractivity contribution in [2.75, 3.05) is 51.8 Å². The molecule has 1 aromatic heterocycles. The number of carbonyl (C=O) groups is 2. The first-order chi connectivity index (χ1) is 17.9. The monoisotopic (exact) mass is 502 g/mol. The smallest absolute Gasteiger partial charge is 0.255 e. The second kappa shape index (κ2) is 11.8. The molecular formula is C29H34N4O4. The highest BCUT2D eigenvalue weighted by Crippen LogP contribution is 2.27. The summed E-state index contributed by atoms with van der Waals surface area (Å²) < 4.78 is 10.7. The SMILES string of the molecule is COc1ccc(CCNC(=O)c2cccnc2N2CCN(C(=O)c3cccc(C)c3C)CC2)cc1OC. The van der Waals surface area contributed by atoms with Crippen molar-refractivity contribution in [3.8, 4) is 11.5 Å². The molecule has 0 bridgehead atoms. The summed E-state index contributed by atoms with van der Waals surface area (Å²) in [5.41, 5.74) is 4.45. The first-order valence-corrected chi connectivity index (χ1v) is 12.5. The van der Waals surface area contributed by atoms with E-state index in [-0.39, 0.29) is 11.8 Å². The maximum absolute atomic E-state index is 13.1. The van der Waals surface area contributed by atoms with E-state index in [0.29, 0.717) is 62.0 Å². The Morgan fingerprint density at radius 3 is 2.38 bits per heavy atom. The van der Waals surface area contributed by atoms with Crippen LogP contribution in [-0.2, 0) is 6.42 Å². The van der Waals surface area contributed by atoms with Gasteiger partial charge in [0.15, 0.2) is 11.5 Å². The number of rotatable bonds is 8. The maximum Gasteiger partial charge on any atom is 0.255 e. The molecule has 0 unspecified atom stereocenters. The molecule has 4 rings (SSSR count). The van der Waals surface area contributed by atoms with E-state index in [9.17, 15) is 9.59 Å². The van der Waals surface area contributed by atoms with Crippen LogP contribution in [0.1, 0.15) is 37.4 Å². The normalized spacial score (nSPS) is 13.3. The summed E-state index contributed by atoms with van der Waals surface area (Å²) in [5, 5.41) is 3.01. The number of pyridine rings is 1. The van der Waals surface area contributed by atoms with Gasteiger partial charge in [-0.05, 0) is 67.3 Å². The van der Waals surface area contributed by atoms with Crippen LogP contribution in [-0.4, -0.2) is 68.6 Å². The summed E-state index contributed by atoms with van der Waals surface area (Å²) in [5.74, 6) is 1.86. The van der Waals surface area contributed by atoms with Gasteiger partial charge in [0.25, 0.3) is 11.8 Å². The number of anilines is 1. The number of nitrogens with one attached hydrogen (secondary N) is 1. The number of amides is 2. The van der Waals surface area contributed by atoms with Gasteiger partial charge in [0.2, 0.25) is 0 Å². The van der Waals surface area contributed by atoms with Crippen molar-refractivity contribution in [2.24, 2.45) is 0 Å². The number of aromatic nitrogens is 1. The van der Waals surface area contributed by atoms with Crippen LogP contribution in [0.5, 0.6) is 11.5 Å². The molecule has 0 radical (unpaired) electrons. The molecule has 8 nitrogen and oxygen atoms in total. The number of hydrogen-bond donors (Lipinski definition) is 1. The van der Waals surface area contributed by atoms with Crippen molar-refractivity contribution in [1.82, 2.24) is 15.2 Å². The van der Waals surface area contributed by atoms with Gasteiger partial charge < -0.3 is 24.6 Å². The van der Waals surface area contributed by atoms with E-state index in [2.05, 4.69) is 15.2 Å². The molecule has 3 aromatic rings. The molecule has 1 aliphatic rings. The Kier molecular flexibility index (Phi) is 8.28. The molecule has 37 heavy (non-hydrogen) atoms. The van der Waals surface area contributed by atoms with Crippen LogP contribution >= 0.6 is 0 Å². The van der Waals surface area contributed by atoms with Crippen LogP contribution in [0.2, 0.25) is 0 Å². The largest absolute Gasteiger partial charge is 0.493 e. The minimum absolute atomic E-state index is 0.0509. The van der Waals surface area contributed by atoms with Crippen molar-refractivity contribution >= 4 is 17.6 Å². The van der Waals surface area contributed by atoms with Crippen LogP contribution in [0.25, 0.3) is 0 Å². The fraction of sp³-hybridized carbons (Fsp3) is 0.345. The Hall–Kier alpha value is -4.07. The van der Waals surface area contributed by atoms with Crippen LogP contribution in [0.15, 0.2) is 54.7 Å². The molecular weight excluding hydrogens is 468 g/mol. The first-order valence-electron chi connectivity index (χ1n) is 12.5. The predicted octanol–water partition coefficient (Wildman–Crippen LogP) is 3.65. The number of benzene rings is 2. The molecule has 0 atom stereocenters. The van der Waals surface area contributed by atoms with E-state index in [1.54, 1.807) is 32.5 Å². The Balaban J connectivity index is 1.36. The van der Waals surface area contributed by atoms with E-state index in [1.807, 2.05) is 55.1 Å². The van der Waals surface area contributed by atoms with Gasteiger partial charge in [-0.15, -0.1) is 0 Å². The number of hydrogen-bond acceptors (Lipinski definition) is 6. The van der Waals surface area contributed by atoms with Crippen LogP contribution < -0.4 is 19.7 Å². The number of piperazine rings is 1. The number of carbonyl (C=O) groups excluding carboxylic acids is 2. The van der Waals surface area contributed by atoms with Gasteiger partial charge in [-0.25, -0.2) is 4.98 Å². The number of aryl methyl sites for hydroxylation is 1. The summed E-state index contributed by atoms with van der Waals surface area (Å²) in [4.78, 5) is 34.7. The lowest BCUT2D eigenvalue weighted by Crippen LogP contribution is -2.49. The molecule has 1 N–H and O–H groups in total. The Labute approximate surface area is 218 Å². The van der Waals surface area contributed by atoms with E-state index in [4.69, 9.17) is 9.47 Å². The average molecular weight is 503 g/mol. The molecule has 0 aliphatic carbocycles. The molecule has 1 aliphatic heterocycles. The van der Waals surface area contributed by atoms with Gasteiger partial charge in [0.05, 0.1) is 19.8 Å². The Morgan fingerprint density at radius 1 is 0.919 bits per heavy atom. The summed E-state index contributed by atoms with van der Waals surface area (Å²) in [6.45, 7) is 6.85. The zero-order valence-electron chi connectivity index (χ0n) is 21.9. The van der Waals surface area contributed by atoms with E-state index in [0.717, 1.165) is 22.3 Å². The molecule has 8 heteroatoms. The summed E-state index contributed by atoms with van der Waals surface area (Å²) in [6, 6.07) is 15.1. The third kappa shape index (κ3) is 5.85. The van der Waals surface area contributed by atoms with Crippen LogP contribution in [0, 0.1) is 13.8 Å². The molecule has 0 spiro atoms. The molecule has 194 valence electrons. The molecule has 2 aromatic carbocycles. The third-order valence-corrected chi connectivity index (χ3v) is 6.88. The van der Waals surface area contributed by atoms with Gasteiger partial charge in [0, 0.05) is 44.5 Å². The summed E-state index contributed by atoms with van der Waals surface area (Å²) in [6.07, 6.45) is 2.35. The van der Waals surface area contributed by atoms with Gasteiger partial charge in [0.1, 0.15) is 5.82 Å². The van der Waals surface area contributed by atoms with Crippen LogP contribution in [0.3, 0.4) is 0 Å². The average Bonchev–Trinajstić information content (AvgIpc) is 2.94. The third-order valence-electron chi connectivity index (χ3n) is 6.88. The van der Waals surface area contributed by atoms with Gasteiger partial charge >= 0.3 is 0 Å². The molecule has 2 heterocycles. The lowest BCUT2D eigenvalue weighted by Gasteiger charge is -2.36. The Morgan fingerprint density at radius 2 is 1.65 bits per heavy atom. The van der Waals surface area contributed by atoms with Crippen molar-refractivity contribution in [3.63, 3.8) is 0 Å². The highest BCUT2D eigenvalue weighted by molar-refractivity contribution is 5.99. The zero-order valence-corrected chi connectivity index (χ0v) is 21.9. The van der Waals surface area contributed by atoms with E-state index < -0.39 is 0 Å². The fourth-order valence-electron chi connectivity index (χ4n) is 4.55. The fourth-order valence-corrected chi connectivity index (χ4v) is 4.55. The topological polar surface area (TPSA) is 84.0 Å². The van der Waals surface area contributed by atoms with Crippen molar-refractivity contribution in [3.05, 3.63) is 82.5 Å². The summed E-state index contributed by atoms with van der Waals surface area (Å²) in [7, 11) is 3.21. The molecule has 0 saturated carbocycles. The first kappa shape index (κ1) is 26.0. The maximum atomic E-state index is 13.1. The minimum Gasteiger partial charge on any atom is -0.493 e. The van der Waals surface area contributed by atoms with Crippen LogP contribution in [0.4, 0.5) is 5.82 Å². The highest BCUT2D eigenvalue weighted by atomic mass is 16.5.